The third-order valence-corrected chi connectivity index (χ3v) is 5.88. The second-order valence-corrected chi connectivity index (χ2v) is 8.53. The molecule has 3 aromatic rings. The van der Waals surface area contributed by atoms with Crippen LogP contribution in [-0.2, 0) is 9.84 Å². The molecule has 10 heteroatoms. The molecule has 8 nitrogen and oxygen atoms in total. The Hall–Kier alpha value is -2.98. The summed E-state index contributed by atoms with van der Waals surface area (Å²) in [5, 5.41) is 19.9. The maximum atomic E-state index is 12.2. The fourth-order valence-electron chi connectivity index (χ4n) is 2.28. The molecule has 2 aromatic carbocycles. The molecule has 1 heterocycles. The van der Waals surface area contributed by atoms with E-state index in [-0.39, 0.29) is 10.6 Å². The second kappa shape index (κ2) is 8.36. The first-order chi connectivity index (χ1) is 13.3. The molecule has 0 aliphatic carbocycles. The quantitative estimate of drug-likeness (QED) is 0.321. The van der Waals surface area contributed by atoms with E-state index in [0.29, 0.717) is 16.9 Å². The molecule has 1 aromatic heterocycles. The molecule has 0 aliphatic heterocycles. The van der Waals surface area contributed by atoms with Crippen molar-refractivity contribution in [2.24, 2.45) is 0 Å². The van der Waals surface area contributed by atoms with Crippen LogP contribution in [0.3, 0.4) is 0 Å². The zero-order valence-corrected chi connectivity index (χ0v) is 16.3. The summed E-state index contributed by atoms with van der Waals surface area (Å²) in [6, 6.07) is 12.4. The highest BCUT2D eigenvalue weighted by Crippen LogP contribution is 2.24. The standard InChI is InChI=1S/C18H15N3O5S2/c1-13-4-2-5-14(12-13)17-19-20-18(26-17)27-10-3-11-28(24,25)16-8-6-15(7-9-16)21(22)23/h2-9,11-12H,10H2,1H3. The van der Waals surface area contributed by atoms with Crippen LogP contribution in [0.1, 0.15) is 5.56 Å². The maximum absolute atomic E-state index is 12.2. The van der Waals surface area contributed by atoms with Gasteiger partial charge in [0.1, 0.15) is 0 Å². The number of nitro benzene ring substituents is 1. The monoisotopic (exact) mass is 417 g/mol. The Morgan fingerprint density at radius 3 is 2.61 bits per heavy atom. The molecule has 0 saturated carbocycles. The Balaban J connectivity index is 1.61. The Labute approximate surface area is 165 Å². The number of nitrogens with zero attached hydrogens (tertiary/aromatic N) is 3. The smallest absolute Gasteiger partial charge is 0.277 e. The zero-order valence-electron chi connectivity index (χ0n) is 14.7. The van der Waals surface area contributed by atoms with E-state index in [1.54, 1.807) is 0 Å². The number of aryl methyl sites for hydroxylation is 1. The number of benzene rings is 2. The third-order valence-electron chi connectivity index (χ3n) is 3.63. The molecule has 0 spiro atoms. The Morgan fingerprint density at radius 2 is 1.93 bits per heavy atom. The van der Waals surface area contributed by atoms with E-state index in [9.17, 15) is 18.5 Å². The van der Waals surface area contributed by atoms with Crippen LogP contribution in [0.15, 0.2) is 74.6 Å². The summed E-state index contributed by atoms with van der Waals surface area (Å²) in [5.74, 6) is 0.704. The van der Waals surface area contributed by atoms with E-state index < -0.39 is 14.8 Å². The van der Waals surface area contributed by atoms with Gasteiger partial charge in [-0.3, -0.25) is 10.1 Å². The van der Waals surface area contributed by atoms with Crippen molar-refractivity contribution in [3.8, 4) is 11.5 Å². The number of nitro groups is 1. The maximum Gasteiger partial charge on any atom is 0.277 e. The minimum Gasteiger partial charge on any atom is -0.411 e. The van der Waals surface area contributed by atoms with Crippen LogP contribution in [0.5, 0.6) is 0 Å². The average molecular weight is 417 g/mol. The first-order valence-electron chi connectivity index (χ1n) is 8.04. The van der Waals surface area contributed by atoms with Gasteiger partial charge in [-0.05, 0) is 31.2 Å². The Kier molecular flexibility index (Phi) is 5.90. The molecule has 0 atom stereocenters. The van der Waals surface area contributed by atoms with Gasteiger partial charge in [-0.1, -0.05) is 35.5 Å². The predicted octanol–water partition coefficient (Wildman–Crippen LogP) is 4.03. The summed E-state index contributed by atoms with van der Waals surface area (Å²) < 4.78 is 30.0. The molecule has 0 aliphatic rings. The van der Waals surface area contributed by atoms with Crippen LogP contribution in [0.25, 0.3) is 11.5 Å². The fraction of sp³-hybridized carbons (Fsp3) is 0.111. The lowest BCUT2D eigenvalue weighted by Crippen LogP contribution is -1.97. The van der Waals surface area contributed by atoms with E-state index >= 15 is 0 Å². The summed E-state index contributed by atoms with van der Waals surface area (Å²) in [4.78, 5) is 10.0. The highest BCUT2D eigenvalue weighted by molar-refractivity contribution is 7.99. The fourth-order valence-corrected chi connectivity index (χ4v) is 4.00. The Bertz CT molecular complexity index is 1120. The van der Waals surface area contributed by atoms with Gasteiger partial charge in [0.25, 0.3) is 10.9 Å². The van der Waals surface area contributed by atoms with Crippen LogP contribution in [0.4, 0.5) is 5.69 Å². The third kappa shape index (κ3) is 4.84. The lowest BCUT2D eigenvalue weighted by molar-refractivity contribution is -0.384. The molecule has 0 saturated heterocycles. The zero-order chi connectivity index (χ0) is 20.1. The van der Waals surface area contributed by atoms with Gasteiger partial charge >= 0.3 is 0 Å². The number of hydrogen-bond donors (Lipinski definition) is 0. The normalized spacial score (nSPS) is 11.8. The van der Waals surface area contributed by atoms with E-state index in [2.05, 4.69) is 10.2 Å². The van der Waals surface area contributed by atoms with E-state index in [4.69, 9.17) is 4.42 Å². The highest BCUT2D eigenvalue weighted by Gasteiger charge is 2.13. The summed E-state index contributed by atoms with van der Waals surface area (Å²) in [5.41, 5.74) is 1.72. The van der Waals surface area contributed by atoms with E-state index in [0.717, 1.165) is 28.7 Å². The minimum absolute atomic E-state index is 0.0149. The van der Waals surface area contributed by atoms with Gasteiger partial charge in [0.05, 0.1) is 9.82 Å². The number of thioether (sulfide) groups is 1. The molecule has 0 unspecified atom stereocenters. The van der Waals surface area contributed by atoms with Crippen molar-refractivity contribution in [1.29, 1.82) is 0 Å². The van der Waals surface area contributed by atoms with Crippen LogP contribution in [-0.4, -0.2) is 29.3 Å². The molecule has 144 valence electrons. The largest absolute Gasteiger partial charge is 0.411 e. The van der Waals surface area contributed by atoms with Gasteiger partial charge in [-0.25, -0.2) is 8.42 Å². The van der Waals surface area contributed by atoms with Gasteiger partial charge in [-0.15, -0.1) is 10.2 Å². The topological polar surface area (TPSA) is 116 Å². The van der Waals surface area contributed by atoms with Crippen molar-refractivity contribution in [1.82, 2.24) is 10.2 Å². The number of hydrogen-bond acceptors (Lipinski definition) is 8. The van der Waals surface area contributed by atoms with Crippen molar-refractivity contribution in [3.63, 3.8) is 0 Å². The molecule has 0 fully saturated rings. The average Bonchev–Trinajstić information content (AvgIpc) is 3.14. The molecule has 28 heavy (non-hydrogen) atoms. The van der Waals surface area contributed by atoms with Crippen LogP contribution in [0, 0.1) is 17.0 Å². The molecular weight excluding hydrogens is 402 g/mol. The van der Waals surface area contributed by atoms with Crippen molar-refractivity contribution < 1.29 is 17.8 Å². The lowest BCUT2D eigenvalue weighted by Gasteiger charge is -1.98. The Morgan fingerprint density at radius 1 is 1.18 bits per heavy atom. The number of non-ortho nitro benzene ring substituents is 1. The van der Waals surface area contributed by atoms with E-state index in [1.165, 1.54) is 30.0 Å². The molecule has 3 rings (SSSR count). The number of rotatable bonds is 7. The summed E-state index contributed by atoms with van der Waals surface area (Å²) in [6.07, 6.45) is 1.46. The van der Waals surface area contributed by atoms with Gasteiger partial charge in [-0.2, -0.15) is 0 Å². The first-order valence-corrected chi connectivity index (χ1v) is 10.6. The summed E-state index contributed by atoms with van der Waals surface area (Å²) >= 11 is 1.20. The van der Waals surface area contributed by atoms with Gasteiger partial charge in [0.2, 0.25) is 5.89 Å². The summed E-state index contributed by atoms with van der Waals surface area (Å²) in [7, 11) is -3.68. The van der Waals surface area contributed by atoms with E-state index in [1.807, 2.05) is 31.2 Å². The molecule has 0 N–H and O–H groups in total. The first kappa shape index (κ1) is 19.8. The van der Waals surface area contributed by atoms with Crippen molar-refractivity contribution >= 4 is 27.3 Å². The van der Waals surface area contributed by atoms with Crippen LogP contribution >= 0.6 is 11.8 Å². The number of sulfone groups is 1. The van der Waals surface area contributed by atoms with Gasteiger partial charge in [0.15, 0.2) is 9.84 Å². The van der Waals surface area contributed by atoms with Crippen LogP contribution < -0.4 is 0 Å². The lowest BCUT2D eigenvalue weighted by atomic mass is 10.1. The van der Waals surface area contributed by atoms with Crippen molar-refractivity contribution in [2.75, 3.05) is 5.75 Å². The van der Waals surface area contributed by atoms with Crippen molar-refractivity contribution in [3.05, 3.63) is 75.7 Å². The van der Waals surface area contributed by atoms with Crippen LogP contribution in [0.2, 0.25) is 0 Å². The predicted molar refractivity (Wildman–Crippen MR) is 105 cm³/mol. The highest BCUT2D eigenvalue weighted by atomic mass is 32.2. The molecule has 0 amide bonds. The minimum atomic E-state index is -3.68. The molecule has 0 radical (unpaired) electrons. The van der Waals surface area contributed by atoms with Crippen molar-refractivity contribution in [2.45, 2.75) is 17.0 Å². The molecular formula is C18H15N3O5S2. The van der Waals surface area contributed by atoms with Gasteiger partial charge in [0, 0.05) is 28.9 Å². The van der Waals surface area contributed by atoms with Gasteiger partial charge < -0.3 is 4.42 Å². The number of aromatic nitrogens is 2. The molecule has 0 bridgehead atoms. The summed E-state index contributed by atoms with van der Waals surface area (Å²) in [6.45, 7) is 1.96. The second-order valence-electron chi connectivity index (χ2n) is 5.72. The SMILES string of the molecule is Cc1cccc(-c2nnc(SCC=CS(=O)(=O)c3ccc([N+](=O)[O-])cc3)o2)c1.